The first-order chi connectivity index (χ1) is 14.2. The summed E-state index contributed by atoms with van der Waals surface area (Å²) in [6.07, 6.45) is 1.62. The lowest BCUT2D eigenvalue weighted by molar-refractivity contribution is 0.0707. The molecule has 0 spiro atoms. The van der Waals surface area contributed by atoms with Gasteiger partial charge in [0.25, 0.3) is 5.91 Å². The molecule has 29 heavy (non-hydrogen) atoms. The maximum Gasteiger partial charge on any atom is 0.277 e. The van der Waals surface area contributed by atoms with Crippen LogP contribution in [-0.4, -0.2) is 47.4 Å². The summed E-state index contributed by atoms with van der Waals surface area (Å²) in [5.74, 6) is 0.377. The second kappa shape index (κ2) is 8.86. The second-order valence-corrected chi connectivity index (χ2v) is 7.18. The third kappa shape index (κ3) is 4.62. The predicted molar refractivity (Wildman–Crippen MR) is 112 cm³/mol. The maximum atomic E-state index is 11.7. The van der Waals surface area contributed by atoms with Crippen molar-refractivity contribution in [3.05, 3.63) is 53.5 Å². The number of morpholine rings is 1. The standard InChI is InChI=1S/C19H20N6O3S/c26-17(24-27)15-6-12-29-18(15)22-16-5-7-20-19(23-16)21-13-1-3-14(4-2-13)25-8-10-28-11-9-25/h1-7,12,27H,8-11H2,(H,24,26)(H2,20,21,22,23). The van der Waals surface area contributed by atoms with Crippen LogP contribution < -0.4 is 21.0 Å². The van der Waals surface area contributed by atoms with E-state index in [1.54, 1.807) is 29.2 Å². The van der Waals surface area contributed by atoms with Crippen LogP contribution in [0.15, 0.2) is 48.0 Å². The zero-order chi connectivity index (χ0) is 20.1. The fourth-order valence-electron chi connectivity index (χ4n) is 2.96. The van der Waals surface area contributed by atoms with Crippen molar-refractivity contribution in [3.63, 3.8) is 0 Å². The number of rotatable bonds is 6. The van der Waals surface area contributed by atoms with Gasteiger partial charge in [0.15, 0.2) is 0 Å². The Balaban J connectivity index is 1.44. The Labute approximate surface area is 171 Å². The highest BCUT2D eigenvalue weighted by Crippen LogP contribution is 2.27. The van der Waals surface area contributed by atoms with Crippen LogP contribution in [-0.2, 0) is 4.74 Å². The lowest BCUT2D eigenvalue weighted by Crippen LogP contribution is -2.36. The van der Waals surface area contributed by atoms with Gasteiger partial charge in [-0.1, -0.05) is 0 Å². The van der Waals surface area contributed by atoms with Gasteiger partial charge in [0.1, 0.15) is 10.8 Å². The highest BCUT2D eigenvalue weighted by molar-refractivity contribution is 7.14. The van der Waals surface area contributed by atoms with E-state index in [-0.39, 0.29) is 0 Å². The van der Waals surface area contributed by atoms with Crippen molar-refractivity contribution in [3.8, 4) is 0 Å². The lowest BCUT2D eigenvalue weighted by Gasteiger charge is -2.28. The Hall–Kier alpha value is -3.21. The van der Waals surface area contributed by atoms with E-state index in [0.717, 1.165) is 37.7 Å². The van der Waals surface area contributed by atoms with Crippen LogP contribution in [0.4, 0.5) is 28.1 Å². The minimum atomic E-state index is -0.582. The second-order valence-electron chi connectivity index (χ2n) is 6.27. The van der Waals surface area contributed by atoms with E-state index < -0.39 is 5.91 Å². The Morgan fingerprint density at radius 2 is 1.90 bits per heavy atom. The topological polar surface area (TPSA) is 112 Å². The average Bonchev–Trinajstić information content (AvgIpc) is 3.23. The number of hydroxylamine groups is 1. The molecular weight excluding hydrogens is 392 g/mol. The van der Waals surface area contributed by atoms with E-state index in [4.69, 9.17) is 9.94 Å². The molecule has 4 N–H and O–H groups in total. The number of aromatic nitrogens is 2. The van der Waals surface area contributed by atoms with Gasteiger partial charge in [-0.15, -0.1) is 11.3 Å². The Morgan fingerprint density at radius 1 is 1.10 bits per heavy atom. The minimum absolute atomic E-state index is 0.337. The average molecular weight is 412 g/mol. The summed E-state index contributed by atoms with van der Waals surface area (Å²) < 4.78 is 5.39. The molecule has 0 radical (unpaired) electrons. The summed E-state index contributed by atoms with van der Waals surface area (Å²) in [7, 11) is 0. The van der Waals surface area contributed by atoms with Gasteiger partial charge in [-0.3, -0.25) is 10.0 Å². The fourth-order valence-corrected chi connectivity index (χ4v) is 3.75. The molecule has 1 fully saturated rings. The lowest BCUT2D eigenvalue weighted by atomic mass is 10.2. The van der Waals surface area contributed by atoms with Crippen LogP contribution >= 0.6 is 11.3 Å². The zero-order valence-corrected chi connectivity index (χ0v) is 16.3. The van der Waals surface area contributed by atoms with Crippen LogP contribution in [0.3, 0.4) is 0 Å². The van der Waals surface area contributed by atoms with E-state index in [0.29, 0.717) is 22.3 Å². The summed E-state index contributed by atoms with van der Waals surface area (Å²) in [4.78, 5) is 22.7. The van der Waals surface area contributed by atoms with Crippen LogP contribution in [0.1, 0.15) is 10.4 Å². The molecule has 10 heteroatoms. The number of carbonyl (C=O) groups is 1. The number of nitrogens with zero attached hydrogens (tertiary/aromatic N) is 3. The van der Waals surface area contributed by atoms with Crippen LogP contribution in [0, 0.1) is 0 Å². The number of benzene rings is 1. The molecule has 1 aliphatic rings. The molecule has 0 atom stereocenters. The number of thiophene rings is 1. The van der Waals surface area contributed by atoms with Crippen LogP contribution in [0.2, 0.25) is 0 Å². The molecule has 0 bridgehead atoms. The highest BCUT2D eigenvalue weighted by Gasteiger charge is 2.13. The number of nitrogens with one attached hydrogen (secondary N) is 3. The molecule has 3 heterocycles. The van der Waals surface area contributed by atoms with Gasteiger partial charge in [0, 0.05) is 30.7 Å². The van der Waals surface area contributed by atoms with Gasteiger partial charge < -0.3 is 20.3 Å². The Morgan fingerprint density at radius 3 is 2.66 bits per heavy atom. The molecule has 9 nitrogen and oxygen atoms in total. The summed E-state index contributed by atoms with van der Waals surface area (Å²) in [5.41, 5.74) is 4.00. The van der Waals surface area contributed by atoms with E-state index in [9.17, 15) is 4.79 Å². The number of hydrogen-bond donors (Lipinski definition) is 4. The summed E-state index contributed by atoms with van der Waals surface area (Å²) in [6.45, 7) is 3.28. The molecule has 1 saturated heterocycles. The van der Waals surface area contributed by atoms with Crippen molar-refractivity contribution < 1.29 is 14.7 Å². The largest absolute Gasteiger partial charge is 0.378 e. The summed E-state index contributed by atoms with van der Waals surface area (Å²) in [5, 5.41) is 17.4. The van der Waals surface area contributed by atoms with E-state index in [1.165, 1.54) is 11.3 Å². The molecule has 1 amide bonds. The van der Waals surface area contributed by atoms with Gasteiger partial charge in [0.05, 0.1) is 18.8 Å². The smallest absolute Gasteiger partial charge is 0.277 e. The first-order valence-corrected chi connectivity index (χ1v) is 9.93. The first-order valence-electron chi connectivity index (χ1n) is 9.05. The molecule has 4 rings (SSSR count). The third-order valence-electron chi connectivity index (χ3n) is 4.41. The Kier molecular flexibility index (Phi) is 5.84. The Bertz CT molecular complexity index is 972. The molecule has 1 aromatic carbocycles. The van der Waals surface area contributed by atoms with Crippen LogP contribution in [0.25, 0.3) is 0 Å². The van der Waals surface area contributed by atoms with E-state index in [1.807, 2.05) is 12.1 Å². The third-order valence-corrected chi connectivity index (χ3v) is 5.24. The van der Waals surface area contributed by atoms with Crippen molar-refractivity contribution in [2.45, 2.75) is 0 Å². The first kappa shape index (κ1) is 19.1. The van der Waals surface area contributed by atoms with Crippen molar-refractivity contribution in [2.24, 2.45) is 0 Å². The predicted octanol–water partition coefficient (Wildman–Crippen LogP) is 2.98. The van der Waals surface area contributed by atoms with Crippen molar-refractivity contribution in [1.82, 2.24) is 15.4 Å². The number of hydrogen-bond acceptors (Lipinski definition) is 9. The number of carbonyl (C=O) groups excluding carboxylic acids is 1. The van der Waals surface area contributed by atoms with E-state index in [2.05, 4.69) is 37.6 Å². The number of anilines is 5. The fraction of sp³-hybridized carbons (Fsp3) is 0.211. The minimum Gasteiger partial charge on any atom is -0.378 e. The molecule has 150 valence electrons. The van der Waals surface area contributed by atoms with Gasteiger partial charge in [-0.25, -0.2) is 10.5 Å². The van der Waals surface area contributed by atoms with Crippen molar-refractivity contribution in [2.75, 3.05) is 41.8 Å². The molecule has 1 aliphatic heterocycles. The van der Waals surface area contributed by atoms with E-state index >= 15 is 0 Å². The molecule has 0 saturated carbocycles. The van der Waals surface area contributed by atoms with Gasteiger partial charge >= 0.3 is 0 Å². The van der Waals surface area contributed by atoms with Crippen molar-refractivity contribution in [1.29, 1.82) is 0 Å². The molecule has 2 aromatic heterocycles. The van der Waals surface area contributed by atoms with Gasteiger partial charge in [-0.05, 0) is 41.8 Å². The number of ether oxygens (including phenoxy) is 1. The van der Waals surface area contributed by atoms with Crippen LogP contribution in [0.5, 0.6) is 0 Å². The summed E-state index contributed by atoms with van der Waals surface area (Å²) >= 11 is 1.34. The summed E-state index contributed by atoms with van der Waals surface area (Å²) in [6, 6.07) is 11.4. The normalized spacial score (nSPS) is 13.8. The van der Waals surface area contributed by atoms with Gasteiger partial charge in [-0.2, -0.15) is 4.98 Å². The van der Waals surface area contributed by atoms with Crippen molar-refractivity contribution >= 4 is 45.4 Å². The maximum absolute atomic E-state index is 11.7. The van der Waals surface area contributed by atoms with Gasteiger partial charge in [0.2, 0.25) is 5.95 Å². The molecule has 0 unspecified atom stereocenters. The molecule has 0 aliphatic carbocycles. The quantitative estimate of drug-likeness (QED) is 0.361. The SMILES string of the molecule is O=C(NO)c1ccsc1Nc1ccnc(Nc2ccc(N3CCOCC3)cc2)n1. The highest BCUT2D eigenvalue weighted by atomic mass is 32.1. The zero-order valence-electron chi connectivity index (χ0n) is 15.5. The monoisotopic (exact) mass is 412 g/mol. The molecule has 3 aromatic rings. The number of amides is 1. The molecular formula is C19H20N6O3S.